The molecule has 0 unspecified atom stereocenters. The second kappa shape index (κ2) is 6.31. The van der Waals surface area contributed by atoms with Crippen LogP contribution in [0.1, 0.15) is 66.2 Å². The number of nitrogens with two attached hydrogens (primary N) is 1. The molecule has 0 aliphatic heterocycles. The first-order valence-corrected chi connectivity index (χ1v) is 9.82. The number of rotatable bonds is 3. The van der Waals surface area contributed by atoms with Crippen LogP contribution in [-0.4, -0.2) is 5.91 Å². The van der Waals surface area contributed by atoms with Gasteiger partial charge in [-0.25, -0.2) is 0 Å². The molecule has 3 rings (SSSR count). The summed E-state index contributed by atoms with van der Waals surface area (Å²) in [4.78, 5) is 12.3. The number of hydrogen-bond donors (Lipinski definition) is 1. The van der Waals surface area contributed by atoms with Crippen molar-refractivity contribution in [2.75, 3.05) is 0 Å². The van der Waals surface area contributed by atoms with Crippen LogP contribution in [-0.2, 0) is 4.79 Å². The van der Waals surface area contributed by atoms with Gasteiger partial charge in [-0.3, -0.25) is 4.79 Å². The van der Waals surface area contributed by atoms with Gasteiger partial charge in [0.05, 0.1) is 6.07 Å². The topological polar surface area (TPSA) is 66.9 Å². The minimum absolute atomic E-state index is 0.110. The Morgan fingerprint density at radius 2 is 2.12 bits per heavy atom. The fourth-order valence-electron chi connectivity index (χ4n) is 6.18. The van der Waals surface area contributed by atoms with E-state index in [0.717, 1.165) is 32.1 Å². The fraction of sp³-hybridized carbons (Fsp3) is 0.727. The lowest BCUT2D eigenvalue weighted by atomic mass is 9.46. The molecule has 0 saturated heterocycles. The van der Waals surface area contributed by atoms with E-state index < -0.39 is 5.41 Å². The Kier molecular flexibility index (Phi) is 4.60. The summed E-state index contributed by atoms with van der Waals surface area (Å²) < 4.78 is 0. The van der Waals surface area contributed by atoms with Crippen molar-refractivity contribution < 1.29 is 4.79 Å². The van der Waals surface area contributed by atoms with E-state index in [9.17, 15) is 10.1 Å². The maximum absolute atomic E-state index is 12.3. The van der Waals surface area contributed by atoms with E-state index in [-0.39, 0.29) is 11.3 Å². The van der Waals surface area contributed by atoms with Crippen molar-refractivity contribution in [2.45, 2.75) is 66.2 Å². The van der Waals surface area contributed by atoms with Gasteiger partial charge in [-0.2, -0.15) is 5.26 Å². The highest BCUT2D eigenvalue weighted by molar-refractivity contribution is 5.81. The third kappa shape index (κ3) is 2.75. The molecule has 1 amide bonds. The van der Waals surface area contributed by atoms with Gasteiger partial charge in [-0.15, -0.1) is 0 Å². The summed E-state index contributed by atoms with van der Waals surface area (Å²) in [5, 5.41) is 9.31. The van der Waals surface area contributed by atoms with Crippen molar-refractivity contribution in [1.82, 2.24) is 0 Å². The van der Waals surface area contributed by atoms with Gasteiger partial charge in [0.2, 0.25) is 5.91 Å². The van der Waals surface area contributed by atoms with Crippen LogP contribution in [0.5, 0.6) is 0 Å². The highest BCUT2D eigenvalue weighted by Gasteiger charge is 2.57. The molecule has 136 valence electrons. The highest BCUT2D eigenvalue weighted by atomic mass is 16.1. The molecule has 0 bridgehead atoms. The third-order valence-electron chi connectivity index (χ3n) is 7.66. The number of carbonyl (C=O) groups excluding carboxylic acids is 1. The molecule has 0 heterocycles. The largest absolute Gasteiger partial charge is 0.369 e. The van der Waals surface area contributed by atoms with Crippen LogP contribution in [0, 0.1) is 45.8 Å². The average Bonchev–Trinajstić information content (AvgIpc) is 2.54. The van der Waals surface area contributed by atoms with Gasteiger partial charge >= 0.3 is 0 Å². The molecule has 5 atom stereocenters. The number of allylic oxidation sites excluding steroid dienone is 4. The lowest BCUT2D eigenvalue weighted by Crippen LogP contribution is -2.55. The first-order chi connectivity index (χ1) is 11.7. The molecule has 0 aromatic heterocycles. The van der Waals surface area contributed by atoms with Gasteiger partial charge in [0.25, 0.3) is 0 Å². The summed E-state index contributed by atoms with van der Waals surface area (Å²) in [6, 6.07) is 2.40. The Hall–Kier alpha value is -1.56. The van der Waals surface area contributed by atoms with Gasteiger partial charge < -0.3 is 5.73 Å². The average molecular weight is 341 g/mol. The lowest BCUT2D eigenvalue weighted by molar-refractivity contribution is -0.140. The van der Waals surface area contributed by atoms with Gasteiger partial charge in [0.15, 0.2) is 0 Å². The zero-order chi connectivity index (χ0) is 18.4. The van der Waals surface area contributed by atoms with Crippen LogP contribution in [0.15, 0.2) is 23.3 Å². The zero-order valence-electron chi connectivity index (χ0n) is 16.1. The highest BCUT2D eigenvalue weighted by Crippen LogP contribution is 2.62. The molecule has 1 fully saturated rings. The molecular formula is C22H32N2O. The van der Waals surface area contributed by atoms with Crippen LogP contribution in [0.25, 0.3) is 0 Å². The Bertz CT molecular complexity index is 668. The molecule has 3 aliphatic rings. The number of fused-ring (bicyclic) bond motifs is 3. The second-order valence-electron chi connectivity index (χ2n) is 9.28. The standard InChI is InChI=1S/C22H32N2O/c1-14(2)17-12-16-6-7-19-21(3,18(16)13-15(17)8-11-23)9-5-10-22(19,4)20(24)25/h6,12,14-15,18-19H,5,7-10,13H2,1-4H3,(H2,24,25)/t15-,18+,19-,21-,22+/m0/s1. The first-order valence-electron chi connectivity index (χ1n) is 9.82. The number of nitriles is 1. The molecule has 1 saturated carbocycles. The van der Waals surface area contributed by atoms with Gasteiger partial charge in [0, 0.05) is 11.8 Å². The van der Waals surface area contributed by atoms with Crippen LogP contribution in [0.4, 0.5) is 0 Å². The Labute approximate surface area is 152 Å². The number of carbonyl (C=O) groups is 1. The Balaban J connectivity index is 2.04. The maximum atomic E-state index is 12.3. The molecule has 2 N–H and O–H groups in total. The summed E-state index contributed by atoms with van der Waals surface area (Å²) in [5.74, 6) is 1.46. The van der Waals surface area contributed by atoms with E-state index in [1.807, 2.05) is 0 Å². The van der Waals surface area contributed by atoms with E-state index in [0.29, 0.717) is 30.1 Å². The molecule has 3 aliphatic carbocycles. The van der Waals surface area contributed by atoms with Crippen LogP contribution in [0.3, 0.4) is 0 Å². The van der Waals surface area contributed by atoms with E-state index in [2.05, 4.69) is 45.9 Å². The monoisotopic (exact) mass is 340 g/mol. The molecule has 0 radical (unpaired) electrons. The van der Waals surface area contributed by atoms with Crippen molar-refractivity contribution in [3.8, 4) is 6.07 Å². The van der Waals surface area contributed by atoms with E-state index >= 15 is 0 Å². The Morgan fingerprint density at radius 1 is 1.40 bits per heavy atom. The smallest absolute Gasteiger partial charge is 0.223 e. The minimum atomic E-state index is -0.401. The van der Waals surface area contributed by atoms with Crippen molar-refractivity contribution in [3.05, 3.63) is 23.3 Å². The zero-order valence-corrected chi connectivity index (χ0v) is 16.1. The summed E-state index contributed by atoms with van der Waals surface area (Å²) in [6.07, 6.45) is 10.5. The number of primary amides is 1. The van der Waals surface area contributed by atoms with Gasteiger partial charge in [0.1, 0.15) is 0 Å². The third-order valence-corrected chi connectivity index (χ3v) is 7.66. The van der Waals surface area contributed by atoms with Crippen LogP contribution in [0.2, 0.25) is 0 Å². The summed E-state index contributed by atoms with van der Waals surface area (Å²) in [5.41, 5.74) is 8.45. The summed E-state index contributed by atoms with van der Waals surface area (Å²) in [7, 11) is 0. The van der Waals surface area contributed by atoms with E-state index in [4.69, 9.17) is 5.73 Å². The molecule has 0 aromatic carbocycles. The second-order valence-corrected chi connectivity index (χ2v) is 9.28. The summed E-state index contributed by atoms with van der Waals surface area (Å²) >= 11 is 0. The predicted octanol–water partition coefficient (Wildman–Crippen LogP) is 4.75. The predicted molar refractivity (Wildman–Crippen MR) is 100 cm³/mol. The number of hydrogen-bond acceptors (Lipinski definition) is 2. The normalized spacial score (nSPS) is 40.4. The number of nitrogens with zero attached hydrogens (tertiary/aromatic N) is 1. The van der Waals surface area contributed by atoms with Gasteiger partial charge in [-0.1, -0.05) is 51.8 Å². The molecule has 3 heteroatoms. The quantitative estimate of drug-likeness (QED) is 0.806. The molecule has 25 heavy (non-hydrogen) atoms. The van der Waals surface area contributed by atoms with Crippen molar-refractivity contribution >= 4 is 5.91 Å². The van der Waals surface area contributed by atoms with Crippen molar-refractivity contribution in [3.63, 3.8) is 0 Å². The number of amides is 1. The minimum Gasteiger partial charge on any atom is -0.369 e. The molecule has 0 aromatic rings. The SMILES string of the molecule is CC(C)C1=CC2=CC[C@H]3[C@@](C)(CCC[C@@]3(C)C(N)=O)[C@@H]2C[C@@H]1CC#N. The molecular weight excluding hydrogens is 308 g/mol. The van der Waals surface area contributed by atoms with Crippen molar-refractivity contribution in [1.29, 1.82) is 5.26 Å². The maximum Gasteiger partial charge on any atom is 0.223 e. The summed E-state index contributed by atoms with van der Waals surface area (Å²) in [6.45, 7) is 8.93. The van der Waals surface area contributed by atoms with Crippen LogP contribution >= 0.6 is 0 Å². The van der Waals surface area contributed by atoms with Crippen molar-refractivity contribution in [2.24, 2.45) is 40.2 Å². The first kappa shape index (κ1) is 18.2. The molecule has 3 nitrogen and oxygen atoms in total. The van der Waals surface area contributed by atoms with Crippen LogP contribution < -0.4 is 5.73 Å². The lowest BCUT2D eigenvalue weighted by Gasteiger charge is -2.58. The molecule has 0 spiro atoms. The van der Waals surface area contributed by atoms with E-state index in [1.165, 1.54) is 11.1 Å². The van der Waals surface area contributed by atoms with Gasteiger partial charge in [-0.05, 0) is 60.3 Å². The fourth-order valence-corrected chi connectivity index (χ4v) is 6.18. The Morgan fingerprint density at radius 3 is 2.72 bits per heavy atom. The van der Waals surface area contributed by atoms with E-state index in [1.54, 1.807) is 0 Å².